The lowest BCUT2D eigenvalue weighted by Crippen LogP contribution is -2.48. The van der Waals surface area contributed by atoms with Crippen LogP contribution in [0.3, 0.4) is 0 Å². The van der Waals surface area contributed by atoms with Gasteiger partial charge in [0, 0.05) is 19.3 Å². The minimum absolute atomic E-state index is 0.145. The Morgan fingerprint density at radius 1 is 1.50 bits per heavy atom. The number of carboxylic acids is 1. The largest absolute Gasteiger partial charge is 0.480 e. The van der Waals surface area contributed by atoms with Crippen LogP contribution in [0.4, 0.5) is 4.79 Å². The fourth-order valence-electron chi connectivity index (χ4n) is 2.04. The van der Waals surface area contributed by atoms with Gasteiger partial charge in [-0.15, -0.1) is 0 Å². The smallest absolute Gasteiger partial charge is 0.326 e. The maximum absolute atomic E-state index is 11.9. The number of likely N-dealkylation sites (tertiary alicyclic amines) is 1. The zero-order chi connectivity index (χ0) is 15.3. The Balaban J connectivity index is 2.53. The highest BCUT2D eigenvalue weighted by molar-refractivity contribution is 7.90. The molecule has 1 aliphatic heterocycles. The number of carbonyl (C=O) groups is 2. The van der Waals surface area contributed by atoms with E-state index in [0.29, 0.717) is 19.6 Å². The Bertz CT molecular complexity index is 465. The Morgan fingerprint density at radius 2 is 2.15 bits per heavy atom. The molecule has 1 heterocycles. The Labute approximate surface area is 118 Å². The summed E-state index contributed by atoms with van der Waals surface area (Å²) in [6.07, 6.45) is 1.68. The van der Waals surface area contributed by atoms with E-state index in [4.69, 9.17) is 10.8 Å². The van der Waals surface area contributed by atoms with Crippen LogP contribution in [0.25, 0.3) is 0 Å². The highest BCUT2D eigenvalue weighted by atomic mass is 32.2. The lowest BCUT2D eigenvalue weighted by molar-refractivity contribution is -0.139. The second-order valence-electron chi connectivity index (χ2n) is 5.10. The molecule has 0 bridgehead atoms. The van der Waals surface area contributed by atoms with Crippen LogP contribution in [0.15, 0.2) is 0 Å². The van der Waals surface area contributed by atoms with E-state index in [-0.39, 0.29) is 18.1 Å². The van der Waals surface area contributed by atoms with E-state index in [2.05, 4.69) is 5.32 Å². The first-order valence-electron chi connectivity index (χ1n) is 6.39. The molecule has 2 atom stereocenters. The van der Waals surface area contributed by atoms with Gasteiger partial charge in [-0.3, -0.25) is 0 Å². The van der Waals surface area contributed by atoms with Crippen molar-refractivity contribution < 1.29 is 23.1 Å². The fraction of sp³-hybridized carbons (Fsp3) is 0.818. The highest BCUT2D eigenvalue weighted by Gasteiger charge is 2.28. The summed E-state index contributed by atoms with van der Waals surface area (Å²) >= 11 is 0. The van der Waals surface area contributed by atoms with E-state index in [9.17, 15) is 18.0 Å². The second kappa shape index (κ2) is 6.89. The monoisotopic (exact) mass is 307 g/mol. The molecular formula is C11H21N3O5S. The van der Waals surface area contributed by atoms with E-state index in [1.165, 1.54) is 4.90 Å². The van der Waals surface area contributed by atoms with Crippen molar-refractivity contribution >= 4 is 21.8 Å². The van der Waals surface area contributed by atoms with Gasteiger partial charge in [0.15, 0.2) is 0 Å². The van der Waals surface area contributed by atoms with E-state index in [1.54, 1.807) is 0 Å². The van der Waals surface area contributed by atoms with E-state index < -0.39 is 27.9 Å². The van der Waals surface area contributed by atoms with Crippen LogP contribution in [0.2, 0.25) is 0 Å². The third-order valence-corrected chi connectivity index (χ3v) is 4.26. The van der Waals surface area contributed by atoms with Crippen LogP contribution < -0.4 is 11.1 Å². The van der Waals surface area contributed by atoms with Gasteiger partial charge in [0.25, 0.3) is 0 Å². The van der Waals surface area contributed by atoms with Crippen molar-refractivity contribution in [1.82, 2.24) is 10.2 Å². The van der Waals surface area contributed by atoms with Crippen molar-refractivity contribution in [3.05, 3.63) is 0 Å². The van der Waals surface area contributed by atoms with Gasteiger partial charge in [-0.1, -0.05) is 0 Å². The van der Waals surface area contributed by atoms with Gasteiger partial charge in [-0.05, 0) is 25.3 Å². The summed E-state index contributed by atoms with van der Waals surface area (Å²) in [4.78, 5) is 24.5. The van der Waals surface area contributed by atoms with Gasteiger partial charge >= 0.3 is 12.0 Å². The molecular weight excluding hydrogens is 286 g/mol. The third-order valence-electron chi connectivity index (χ3n) is 3.28. The molecule has 0 radical (unpaired) electrons. The topological polar surface area (TPSA) is 130 Å². The molecule has 0 aliphatic carbocycles. The number of nitrogens with zero attached hydrogens (tertiary/aromatic N) is 1. The molecule has 1 aliphatic rings. The number of hydrogen-bond donors (Lipinski definition) is 3. The quantitative estimate of drug-likeness (QED) is 0.569. The number of urea groups is 1. The second-order valence-corrected chi connectivity index (χ2v) is 7.36. The average Bonchev–Trinajstić information content (AvgIpc) is 2.81. The highest BCUT2D eigenvalue weighted by Crippen LogP contribution is 2.14. The summed E-state index contributed by atoms with van der Waals surface area (Å²) in [6, 6.07) is -1.68. The summed E-state index contributed by atoms with van der Waals surface area (Å²) in [6.45, 7) is 1.52. The zero-order valence-corrected chi connectivity index (χ0v) is 12.2. The van der Waals surface area contributed by atoms with Gasteiger partial charge < -0.3 is 21.1 Å². The Morgan fingerprint density at radius 3 is 2.60 bits per heavy atom. The van der Waals surface area contributed by atoms with Crippen LogP contribution in [0.5, 0.6) is 0 Å². The molecule has 0 aromatic heterocycles. The SMILES string of the molecule is CS(=O)(=O)CCC(NC(=O)N1CCC(CN)C1)C(=O)O. The van der Waals surface area contributed by atoms with Gasteiger partial charge in [-0.2, -0.15) is 0 Å². The molecule has 2 unspecified atom stereocenters. The first-order chi connectivity index (χ1) is 9.23. The molecule has 20 heavy (non-hydrogen) atoms. The number of carboxylic acid groups (broad SMARTS) is 1. The van der Waals surface area contributed by atoms with Gasteiger partial charge in [-0.25, -0.2) is 18.0 Å². The lowest BCUT2D eigenvalue weighted by Gasteiger charge is -2.20. The predicted molar refractivity (Wildman–Crippen MR) is 73.0 cm³/mol. The van der Waals surface area contributed by atoms with Crippen molar-refractivity contribution in [3.8, 4) is 0 Å². The van der Waals surface area contributed by atoms with Crippen molar-refractivity contribution in [1.29, 1.82) is 0 Å². The normalized spacial score (nSPS) is 20.7. The molecule has 0 spiro atoms. The molecule has 0 saturated carbocycles. The van der Waals surface area contributed by atoms with Crippen LogP contribution >= 0.6 is 0 Å². The van der Waals surface area contributed by atoms with Crippen molar-refractivity contribution in [2.75, 3.05) is 31.6 Å². The van der Waals surface area contributed by atoms with Crippen LogP contribution in [-0.4, -0.2) is 68.1 Å². The summed E-state index contributed by atoms with van der Waals surface area (Å²) in [5.74, 6) is -1.29. The van der Waals surface area contributed by atoms with Gasteiger partial charge in [0.1, 0.15) is 15.9 Å². The molecule has 1 fully saturated rings. The lowest BCUT2D eigenvalue weighted by atomic mass is 10.1. The molecule has 1 rings (SSSR count). The zero-order valence-electron chi connectivity index (χ0n) is 11.4. The van der Waals surface area contributed by atoms with Crippen LogP contribution in [0.1, 0.15) is 12.8 Å². The average molecular weight is 307 g/mol. The maximum atomic E-state index is 11.9. The van der Waals surface area contributed by atoms with Crippen molar-refractivity contribution in [3.63, 3.8) is 0 Å². The molecule has 0 aromatic carbocycles. The number of nitrogens with two attached hydrogens (primary N) is 1. The molecule has 0 aromatic rings. The number of nitrogens with one attached hydrogen (secondary N) is 1. The molecule has 9 heteroatoms. The van der Waals surface area contributed by atoms with Crippen molar-refractivity contribution in [2.45, 2.75) is 18.9 Å². The third kappa shape index (κ3) is 5.33. The Kier molecular flexibility index (Phi) is 5.75. The number of hydrogen-bond acceptors (Lipinski definition) is 5. The molecule has 2 amide bonds. The molecule has 8 nitrogen and oxygen atoms in total. The minimum Gasteiger partial charge on any atom is -0.480 e. The summed E-state index contributed by atoms with van der Waals surface area (Å²) in [5.41, 5.74) is 5.52. The molecule has 1 saturated heterocycles. The van der Waals surface area contributed by atoms with Crippen molar-refractivity contribution in [2.24, 2.45) is 11.7 Å². The fourth-order valence-corrected chi connectivity index (χ4v) is 2.70. The number of aliphatic carboxylic acids is 1. The molecule has 4 N–H and O–H groups in total. The number of amides is 2. The maximum Gasteiger partial charge on any atom is 0.326 e. The number of rotatable bonds is 6. The summed E-state index contributed by atoms with van der Waals surface area (Å²) in [5, 5.41) is 11.4. The first kappa shape index (κ1) is 16.7. The van der Waals surface area contributed by atoms with Gasteiger partial charge in [0.2, 0.25) is 0 Å². The van der Waals surface area contributed by atoms with Crippen LogP contribution in [0, 0.1) is 5.92 Å². The number of sulfone groups is 1. The van der Waals surface area contributed by atoms with E-state index >= 15 is 0 Å². The van der Waals surface area contributed by atoms with E-state index in [0.717, 1.165) is 12.7 Å². The summed E-state index contributed by atoms with van der Waals surface area (Å²) in [7, 11) is -3.27. The summed E-state index contributed by atoms with van der Waals surface area (Å²) < 4.78 is 22.1. The number of carbonyl (C=O) groups excluding carboxylic acids is 1. The minimum atomic E-state index is -3.27. The first-order valence-corrected chi connectivity index (χ1v) is 8.45. The molecule has 116 valence electrons. The standard InChI is InChI=1S/C11H21N3O5S/c1-20(18,19)5-3-9(10(15)16)13-11(17)14-4-2-8(6-12)7-14/h8-9H,2-7,12H2,1H3,(H,13,17)(H,15,16). The van der Waals surface area contributed by atoms with Gasteiger partial charge in [0.05, 0.1) is 5.75 Å². The van der Waals surface area contributed by atoms with E-state index in [1.807, 2.05) is 0 Å². The van der Waals surface area contributed by atoms with Crippen LogP contribution in [-0.2, 0) is 14.6 Å². The Hall–Kier alpha value is -1.35. The predicted octanol–water partition coefficient (Wildman–Crippen LogP) is -1.14.